The van der Waals surface area contributed by atoms with Gasteiger partial charge < -0.3 is 24.3 Å². The van der Waals surface area contributed by atoms with Crippen LogP contribution in [-0.4, -0.2) is 72.6 Å². The Morgan fingerprint density at radius 3 is 2.78 bits per heavy atom. The lowest BCUT2D eigenvalue weighted by Crippen LogP contribution is -2.47. The zero-order valence-corrected chi connectivity index (χ0v) is 15.8. The number of amides is 2. The van der Waals surface area contributed by atoms with E-state index in [-0.39, 0.29) is 17.6 Å². The highest BCUT2D eigenvalue weighted by Crippen LogP contribution is 2.38. The van der Waals surface area contributed by atoms with Crippen LogP contribution in [0.4, 0.5) is 0 Å². The van der Waals surface area contributed by atoms with Gasteiger partial charge in [-0.05, 0) is 44.2 Å². The van der Waals surface area contributed by atoms with Crippen molar-refractivity contribution >= 4 is 11.8 Å². The van der Waals surface area contributed by atoms with Gasteiger partial charge in [0.25, 0.3) is 5.91 Å². The lowest BCUT2D eigenvalue weighted by atomic mass is 9.88. The lowest BCUT2D eigenvalue weighted by molar-refractivity contribution is -0.128. The average molecular weight is 375 g/mol. The summed E-state index contributed by atoms with van der Waals surface area (Å²) < 4.78 is 11.5. The van der Waals surface area contributed by atoms with Crippen molar-refractivity contribution in [3.63, 3.8) is 0 Å². The van der Waals surface area contributed by atoms with Crippen LogP contribution in [0, 0.1) is 0 Å². The van der Waals surface area contributed by atoms with Gasteiger partial charge in [0, 0.05) is 45.7 Å². The van der Waals surface area contributed by atoms with Crippen LogP contribution in [-0.2, 0) is 9.53 Å². The van der Waals surface area contributed by atoms with Gasteiger partial charge >= 0.3 is 0 Å². The molecule has 7 heteroatoms. The fourth-order valence-electron chi connectivity index (χ4n) is 4.50. The molecule has 4 rings (SSSR count). The van der Waals surface area contributed by atoms with Crippen LogP contribution in [0.25, 0.3) is 0 Å². The number of furan rings is 1. The van der Waals surface area contributed by atoms with E-state index in [0.29, 0.717) is 18.2 Å². The Hall–Kier alpha value is -1.86. The number of nitrogens with one attached hydrogen (secondary N) is 1. The molecule has 3 saturated heterocycles. The monoisotopic (exact) mass is 375 g/mol. The molecule has 4 heterocycles. The van der Waals surface area contributed by atoms with E-state index in [0.717, 1.165) is 71.2 Å². The fraction of sp³-hybridized carbons (Fsp3) is 0.700. The first kappa shape index (κ1) is 18.5. The molecule has 0 aliphatic carbocycles. The molecule has 27 heavy (non-hydrogen) atoms. The highest BCUT2D eigenvalue weighted by Gasteiger charge is 2.42. The van der Waals surface area contributed by atoms with Crippen molar-refractivity contribution in [2.75, 3.05) is 39.3 Å². The first-order valence-corrected chi connectivity index (χ1v) is 10.1. The summed E-state index contributed by atoms with van der Waals surface area (Å²) >= 11 is 0. The number of rotatable bonds is 6. The molecule has 1 N–H and O–H groups in total. The predicted molar refractivity (Wildman–Crippen MR) is 99.4 cm³/mol. The molecule has 0 bridgehead atoms. The summed E-state index contributed by atoms with van der Waals surface area (Å²) in [5, 5.41) is 2.91. The van der Waals surface area contributed by atoms with Crippen molar-refractivity contribution in [1.29, 1.82) is 0 Å². The van der Waals surface area contributed by atoms with Crippen molar-refractivity contribution in [1.82, 2.24) is 15.1 Å². The maximum absolute atomic E-state index is 12.0. The zero-order valence-electron chi connectivity index (χ0n) is 15.8. The highest BCUT2D eigenvalue weighted by molar-refractivity contribution is 5.91. The van der Waals surface area contributed by atoms with Gasteiger partial charge in [0.15, 0.2) is 5.76 Å². The van der Waals surface area contributed by atoms with E-state index in [2.05, 4.69) is 10.2 Å². The normalized spacial score (nSPS) is 25.4. The van der Waals surface area contributed by atoms with E-state index >= 15 is 0 Å². The minimum Gasteiger partial charge on any atom is -0.459 e. The third kappa shape index (κ3) is 4.35. The Kier molecular flexibility index (Phi) is 5.50. The molecule has 0 aromatic carbocycles. The molecular formula is C20H29N3O4. The van der Waals surface area contributed by atoms with Crippen molar-refractivity contribution in [2.45, 2.75) is 50.2 Å². The van der Waals surface area contributed by atoms with Gasteiger partial charge in [0.1, 0.15) is 0 Å². The maximum Gasteiger partial charge on any atom is 0.287 e. The van der Waals surface area contributed by atoms with E-state index < -0.39 is 0 Å². The molecule has 1 aromatic heterocycles. The number of carbonyl (C=O) groups excluding carboxylic acids is 2. The summed E-state index contributed by atoms with van der Waals surface area (Å²) in [5.41, 5.74) is -0.0277. The van der Waals surface area contributed by atoms with E-state index in [9.17, 15) is 9.59 Å². The standard InChI is InChI=1S/C20H29N3O4/c24-18-4-1-9-23(18)13-12-22-10-7-20(8-11-22)6-5-16(27-20)15-21-19(25)17-3-2-14-26-17/h2-3,14,16H,1,4-13,15H2,(H,21,25). The Labute approximate surface area is 160 Å². The molecule has 7 nitrogen and oxygen atoms in total. The molecular weight excluding hydrogens is 346 g/mol. The second kappa shape index (κ2) is 8.02. The Balaban J connectivity index is 1.18. The van der Waals surface area contributed by atoms with E-state index in [1.807, 2.05) is 4.90 Å². The first-order chi connectivity index (χ1) is 13.1. The van der Waals surface area contributed by atoms with Crippen LogP contribution in [0.5, 0.6) is 0 Å². The smallest absolute Gasteiger partial charge is 0.287 e. The fourth-order valence-corrected chi connectivity index (χ4v) is 4.50. The van der Waals surface area contributed by atoms with Crippen molar-refractivity contribution in [2.24, 2.45) is 0 Å². The van der Waals surface area contributed by atoms with Crippen LogP contribution in [0.3, 0.4) is 0 Å². The first-order valence-electron chi connectivity index (χ1n) is 10.1. The summed E-state index contributed by atoms with van der Waals surface area (Å²) in [6.07, 6.45) is 7.42. The predicted octanol–water partition coefficient (Wildman–Crippen LogP) is 1.65. The molecule has 1 spiro atoms. The third-order valence-electron chi connectivity index (χ3n) is 6.20. The average Bonchev–Trinajstić information content (AvgIpc) is 3.42. The van der Waals surface area contributed by atoms with Gasteiger partial charge in [-0.2, -0.15) is 0 Å². The number of hydrogen-bond acceptors (Lipinski definition) is 5. The van der Waals surface area contributed by atoms with Gasteiger partial charge in [0.2, 0.25) is 5.91 Å². The molecule has 2 amide bonds. The number of ether oxygens (including phenoxy) is 1. The molecule has 1 aromatic rings. The van der Waals surface area contributed by atoms with Gasteiger partial charge in [-0.3, -0.25) is 9.59 Å². The van der Waals surface area contributed by atoms with Crippen LogP contribution < -0.4 is 5.32 Å². The molecule has 3 aliphatic rings. The van der Waals surface area contributed by atoms with Crippen LogP contribution in [0.2, 0.25) is 0 Å². The van der Waals surface area contributed by atoms with Crippen LogP contribution in [0.15, 0.2) is 22.8 Å². The summed E-state index contributed by atoms with van der Waals surface area (Å²) in [6, 6.07) is 3.38. The van der Waals surface area contributed by atoms with Gasteiger partial charge in [-0.25, -0.2) is 0 Å². The Bertz CT molecular complexity index is 652. The Morgan fingerprint density at radius 2 is 2.07 bits per heavy atom. The number of likely N-dealkylation sites (tertiary alicyclic amines) is 2. The maximum atomic E-state index is 12.0. The summed E-state index contributed by atoms with van der Waals surface area (Å²) in [5.74, 6) is 0.463. The summed E-state index contributed by atoms with van der Waals surface area (Å²) in [7, 11) is 0. The van der Waals surface area contributed by atoms with Gasteiger partial charge in [-0.15, -0.1) is 0 Å². The summed E-state index contributed by atoms with van der Waals surface area (Å²) in [4.78, 5) is 28.2. The van der Waals surface area contributed by atoms with E-state index in [1.54, 1.807) is 12.1 Å². The minimum absolute atomic E-state index is 0.0277. The number of piperidine rings is 1. The number of carbonyl (C=O) groups is 2. The molecule has 1 unspecified atom stereocenters. The topological polar surface area (TPSA) is 75.0 Å². The SMILES string of the molecule is O=C(NCC1CCC2(CCN(CCN3CCCC3=O)CC2)O1)c1ccco1. The minimum atomic E-state index is -0.184. The lowest BCUT2D eigenvalue weighted by Gasteiger charge is -2.39. The second-order valence-corrected chi connectivity index (χ2v) is 7.97. The highest BCUT2D eigenvalue weighted by atomic mass is 16.5. The van der Waals surface area contributed by atoms with Gasteiger partial charge in [-0.1, -0.05) is 0 Å². The molecule has 0 saturated carbocycles. The van der Waals surface area contributed by atoms with E-state index in [1.165, 1.54) is 6.26 Å². The largest absolute Gasteiger partial charge is 0.459 e. The summed E-state index contributed by atoms with van der Waals surface area (Å²) in [6.45, 7) is 5.31. The van der Waals surface area contributed by atoms with Crippen molar-refractivity contribution < 1.29 is 18.7 Å². The molecule has 0 radical (unpaired) electrons. The van der Waals surface area contributed by atoms with Crippen molar-refractivity contribution in [3.8, 4) is 0 Å². The molecule has 3 fully saturated rings. The van der Waals surface area contributed by atoms with Crippen LogP contribution in [0.1, 0.15) is 49.1 Å². The molecule has 148 valence electrons. The van der Waals surface area contributed by atoms with Crippen LogP contribution >= 0.6 is 0 Å². The number of nitrogens with zero attached hydrogens (tertiary/aromatic N) is 2. The molecule has 1 atom stereocenters. The Morgan fingerprint density at radius 1 is 1.22 bits per heavy atom. The molecule has 3 aliphatic heterocycles. The second-order valence-electron chi connectivity index (χ2n) is 7.97. The van der Waals surface area contributed by atoms with Crippen molar-refractivity contribution in [3.05, 3.63) is 24.2 Å². The number of hydrogen-bond donors (Lipinski definition) is 1. The quantitative estimate of drug-likeness (QED) is 0.818. The van der Waals surface area contributed by atoms with Gasteiger partial charge in [0.05, 0.1) is 18.0 Å². The van der Waals surface area contributed by atoms with E-state index in [4.69, 9.17) is 9.15 Å². The third-order valence-corrected chi connectivity index (χ3v) is 6.20. The zero-order chi connectivity index (χ0) is 18.7.